The van der Waals surface area contributed by atoms with Gasteiger partial charge in [-0.25, -0.2) is 14.8 Å². The molecule has 1 N–H and O–H groups in total. The number of carbonyl (C=O) groups excluding carboxylic acids is 1. The van der Waals surface area contributed by atoms with Crippen molar-refractivity contribution in [3.63, 3.8) is 0 Å². The molecule has 1 aromatic carbocycles. The summed E-state index contributed by atoms with van der Waals surface area (Å²) in [6.07, 6.45) is 5.47. The highest BCUT2D eigenvalue weighted by Crippen LogP contribution is 2.37. The first-order chi connectivity index (χ1) is 15.9. The van der Waals surface area contributed by atoms with E-state index < -0.39 is 5.60 Å². The SMILES string of the molecule is CC(C)(C)OC(=O)N1CCC=C(c2cc3c(Nc4ccc5scnc5c4)ccnc3s2)CC1. The van der Waals surface area contributed by atoms with Crippen LogP contribution >= 0.6 is 22.7 Å². The molecule has 6 nitrogen and oxygen atoms in total. The number of hydrogen-bond acceptors (Lipinski definition) is 7. The van der Waals surface area contributed by atoms with Crippen molar-refractivity contribution in [3.8, 4) is 0 Å². The largest absolute Gasteiger partial charge is 0.444 e. The molecule has 0 fully saturated rings. The van der Waals surface area contributed by atoms with E-state index in [4.69, 9.17) is 4.74 Å². The standard InChI is InChI=1S/C25H26N4O2S2/c1-25(2,3)31-24(30)29-11-4-5-16(9-12-29)22-14-18-19(8-10-26-23(18)33-22)28-17-6-7-21-20(13-17)27-15-32-21/h5-8,10,13-15H,4,9,11-12H2,1-3H3,(H,26,28). The molecule has 4 heterocycles. The molecule has 0 saturated carbocycles. The van der Waals surface area contributed by atoms with E-state index in [0.29, 0.717) is 13.1 Å². The van der Waals surface area contributed by atoms with Crippen molar-refractivity contribution in [1.82, 2.24) is 14.9 Å². The van der Waals surface area contributed by atoms with Gasteiger partial charge in [-0.2, -0.15) is 0 Å². The van der Waals surface area contributed by atoms with Crippen molar-refractivity contribution in [2.45, 2.75) is 39.2 Å². The monoisotopic (exact) mass is 478 g/mol. The summed E-state index contributed by atoms with van der Waals surface area (Å²) < 4.78 is 6.74. The molecule has 0 saturated heterocycles. The normalized spacial score (nSPS) is 14.9. The number of benzene rings is 1. The van der Waals surface area contributed by atoms with Crippen LogP contribution in [0.25, 0.3) is 26.0 Å². The van der Waals surface area contributed by atoms with E-state index in [9.17, 15) is 4.79 Å². The fourth-order valence-electron chi connectivity index (χ4n) is 3.89. The lowest BCUT2D eigenvalue weighted by Gasteiger charge is -2.26. The Morgan fingerprint density at radius 3 is 2.88 bits per heavy atom. The summed E-state index contributed by atoms with van der Waals surface area (Å²) in [4.78, 5) is 25.5. The van der Waals surface area contributed by atoms with Gasteiger partial charge in [-0.05, 0) is 69.5 Å². The first-order valence-corrected chi connectivity index (χ1v) is 12.7. The molecule has 1 aliphatic heterocycles. The van der Waals surface area contributed by atoms with E-state index in [-0.39, 0.29) is 6.09 Å². The Bertz CT molecular complexity index is 1350. The average molecular weight is 479 g/mol. The minimum absolute atomic E-state index is 0.237. The quantitative estimate of drug-likeness (QED) is 0.341. The molecule has 0 aliphatic carbocycles. The molecular formula is C25H26N4O2S2. The summed E-state index contributed by atoms with van der Waals surface area (Å²) in [5.41, 5.74) is 5.69. The molecule has 4 aromatic rings. The molecule has 33 heavy (non-hydrogen) atoms. The number of nitrogens with zero attached hydrogens (tertiary/aromatic N) is 3. The van der Waals surface area contributed by atoms with Crippen LogP contribution in [0.5, 0.6) is 0 Å². The maximum Gasteiger partial charge on any atom is 0.410 e. The van der Waals surface area contributed by atoms with Crippen LogP contribution in [0.3, 0.4) is 0 Å². The van der Waals surface area contributed by atoms with Crippen molar-refractivity contribution < 1.29 is 9.53 Å². The topological polar surface area (TPSA) is 67.3 Å². The third-order valence-electron chi connectivity index (χ3n) is 5.45. The fraction of sp³-hybridized carbons (Fsp3) is 0.320. The molecule has 0 unspecified atom stereocenters. The van der Waals surface area contributed by atoms with Gasteiger partial charge in [-0.15, -0.1) is 22.7 Å². The van der Waals surface area contributed by atoms with Gasteiger partial charge in [0.05, 0.1) is 21.4 Å². The number of thiazole rings is 1. The number of carbonyl (C=O) groups is 1. The smallest absolute Gasteiger partial charge is 0.410 e. The maximum atomic E-state index is 12.5. The van der Waals surface area contributed by atoms with Gasteiger partial charge in [-0.1, -0.05) is 6.08 Å². The lowest BCUT2D eigenvalue weighted by Crippen LogP contribution is -2.37. The summed E-state index contributed by atoms with van der Waals surface area (Å²) in [5, 5.41) is 4.65. The first kappa shape index (κ1) is 21.9. The summed E-state index contributed by atoms with van der Waals surface area (Å²) in [7, 11) is 0. The van der Waals surface area contributed by atoms with E-state index in [1.807, 2.05) is 43.4 Å². The molecular weight excluding hydrogens is 452 g/mol. The predicted octanol–water partition coefficient (Wildman–Crippen LogP) is 7.06. The van der Waals surface area contributed by atoms with Crippen molar-refractivity contribution in [3.05, 3.63) is 53.0 Å². The van der Waals surface area contributed by atoms with Gasteiger partial charge >= 0.3 is 6.09 Å². The Labute approximate surface area is 200 Å². The molecule has 1 aliphatic rings. The summed E-state index contributed by atoms with van der Waals surface area (Å²) in [5.74, 6) is 0. The summed E-state index contributed by atoms with van der Waals surface area (Å²) in [6, 6.07) is 10.5. The van der Waals surface area contributed by atoms with Gasteiger partial charge < -0.3 is 15.0 Å². The van der Waals surface area contributed by atoms with Crippen LogP contribution in [-0.2, 0) is 4.74 Å². The lowest BCUT2D eigenvalue weighted by molar-refractivity contribution is 0.0260. The third-order valence-corrected chi connectivity index (χ3v) is 7.38. The van der Waals surface area contributed by atoms with E-state index >= 15 is 0 Å². The number of fused-ring (bicyclic) bond motifs is 2. The number of amides is 1. The Morgan fingerprint density at radius 1 is 1.15 bits per heavy atom. The highest BCUT2D eigenvalue weighted by atomic mass is 32.1. The zero-order valence-electron chi connectivity index (χ0n) is 18.9. The number of aromatic nitrogens is 2. The lowest BCUT2D eigenvalue weighted by atomic mass is 10.1. The minimum Gasteiger partial charge on any atom is -0.444 e. The Balaban J connectivity index is 1.35. The number of nitrogens with one attached hydrogen (secondary N) is 1. The van der Waals surface area contributed by atoms with Gasteiger partial charge in [0.1, 0.15) is 10.4 Å². The average Bonchev–Trinajstić information content (AvgIpc) is 3.33. The van der Waals surface area contributed by atoms with Crippen LogP contribution in [0.4, 0.5) is 16.2 Å². The second-order valence-electron chi connectivity index (χ2n) is 9.08. The highest BCUT2D eigenvalue weighted by Gasteiger charge is 2.23. The zero-order chi connectivity index (χ0) is 23.0. The second kappa shape index (κ2) is 8.76. The van der Waals surface area contributed by atoms with Crippen LogP contribution in [0.1, 0.15) is 38.5 Å². The molecule has 8 heteroatoms. The van der Waals surface area contributed by atoms with Gasteiger partial charge in [0.15, 0.2) is 0 Å². The van der Waals surface area contributed by atoms with Gasteiger partial charge in [0, 0.05) is 35.2 Å². The molecule has 0 spiro atoms. The van der Waals surface area contributed by atoms with E-state index in [0.717, 1.165) is 39.9 Å². The van der Waals surface area contributed by atoms with Gasteiger partial charge in [-0.3, -0.25) is 0 Å². The van der Waals surface area contributed by atoms with Crippen molar-refractivity contribution in [2.75, 3.05) is 18.4 Å². The molecule has 1 amide bonds. The number of pyridine rings is 1. The number of rotatable bonds is 3. The van der Waals surface area contributed by atoms with Crippen LogP contribution in [0.15, 0.2) is 48.1 Å². The number of hydrogen-bond donors (Lipinski definition) is 1. The molecule has 3 aromatic heterocycles. The zero-order valence-corrected chi connectivity index (χ0v) is 20.6. The maximum absolute atomic E-state index is 12.5. The third kappa shape index (κ3) is 4.86. The van der Waals surface area contributed by atoms with E-state index in [1.54, 1.807) is 22.7 Å². The Morgan fingerprint density at radius 2 is 2.03 bits per heavy atom. The van der Waals surface area contributed by atoms with Crippen LogP contribution in [0, 0.1) is 0 Å². The molecule has 0 radical (unpaired) electrons. The molecule has 0 bridgehead atoms. The van der Waals surface area contributed by atoms with Gasteiger partial charge in [0.2, 0.25) is 0 Å². The number of anilines is 2. The Hall–Kier alpha value is -2.97. The van der Waals surface area contributed by atoms with Crippen molar-refractivity contribution >= 4 is 66.1 Å². The number of thiophene rings is 1. The van der Waals surface area contributed by atoms with Crippen LogP contribution in [0.2, 0.25) is 0 Å². The van der Waals surface area contributed by atoms with Crippen molar-refractivity contribution in [1.29, 1.82) is 0 Å². The minimum atomic E-state index is -0.482. The summed E-state index contributed by atoms with van der Waals surface area (Å²) in [6.45, 7) is 7.03. The highest BCUT2D eigenvalue weighted by molar-refractivity contribution is 7.19. The van der Waals surface area contributed by atoms with Crippen LogP contribution < -0.4 is 5.32 Å². The van der Waals surface area contributed by atoms with E-state index in [1.165, 1.54) is 15.2 Å². The number of ether oxygens (including phenoxy) is 1. The summed E-state index contributed by atoms with van der Waals surface area (Å²) >= 11 is 3.34. The van der Waals surface area contributed by atoms with Gasteiger partial charge in [0.25, 0.3) is 0 Å². The van der Waals surface area contributed by atoms with E-state index in [2.05, 4.69) is 45.6 Å². The second-order valence-corrected chi connectivity index (χ2v) is 11.0. The van der Waals surface area contributed by atoms with Crippen LogP contribution in [-0.4, -0.2) is 39.7 Å². The Kier molecular flexibility index (Phi) is 5.80. The van der Waals surface area contributed by atoms with Crippen molar-refractivity contribution in [2.24, 2.45) is 0 Å². The molecule has 170 valence electrons. The first-order valence-electron chi connectivity index (χ1n) is 11.0. The predicted molar refractivity (Wildman–Crippen MR) is 138 cm³/mol. The fourth-order valence-corrected chi connectivity index (χ4v) is 5.65. The molecule has 0 atom stereocenters. The molecule has 5 rings (SSSR count).